The van der Waals surface area contributed by atoms with E-state index in [-0.39, 0.29) is 5.41 Å². The highest BCUT2D eigenvalue weighted by molar-refractivity contribution is 5.55. The van der Waals surface area contributed by atoms with Crippen molar-refractivity contribution >= 4 is 0 Å². The van der Waals surface area contributed by atoms with E-state index >= 15 is 0 Å². The average Bonchev–Trinajstić information content (AvgIpc) is 2.70. The second kappa shape index (κ2) is 3.55. The third-order valence-corrected chi connectivity index (χ3v) is 3.64. The minimum atomic E-state index is 0.113. The Morgan fingerprint density at radius 3 is 3.06 bits per heavy atom. The van der Waals surface area contributed by atoms with Crippen molar-refractivity contribution in [3.05, 3.63) is 35.9 Å². The number of benzene rings is 1. The topological polar surface area (TPSA) is 18.5 Å². The zero-order valence-electron chi connectivity index (χ0n) is 9.53. The van der Waals surface area contributed by atoms with E-state index in [1.165, 1.54) is 24.8 Å². The molecule has 84 valence electrons. The van der Waals surface area contributed by atoms with Gasteiger partial charge in [0.1, 0.15) is 6.61 Å². The summed E-state index contributed by atoms with van der Waals surface area (Å²) in [5.41, 5.74) is 1.41. The van der Waals surface area contributed by atoms with Gasteiger partial charge in [0.05, 0.1) is 12.5 Å². The fraction of sp³-hybridized carbons (Fsp3) is 0.429. The van der Waals surface area contributed by atoms with E-state index in [0.29, 0.717) is 0 Å². The Balaban J connectivity index is 2.12. The predicted molar refractivity (Wildman–Crippen MR) is 63.2 cm³/mol. The van der Waals surface area contributed by atoms with Crippen LogP contribution in [0.2, 0.25) is 0 Å². The molecule has 1 aromatic rings. The first-order valence-corrected chi connectivity index (χ1v) is 5.84. The number of ether oxygens (including phenoxy) is 2. The quantitative estimate of drug-likeness (QED) is 0.672. The Morgan fingerprint density at radius 1 is 1.38 bits per heavy atom. The van der Waals surface area contributed by atoms with E-state index in [2.05, 4.69) is 24.3 Å². The maximum Gasteiger partial charge on any atom is 0.165 e. The third-order valence-electron chi connectivity index (χ3n) is 3.64. The Hall–Kier alpha value is -1.44. The molecule has 1 aromatic carbocycles. The van der Waals surface area contributed by atoms with Gasteiger partial charge >= 0.3 is 0 Å². The molecule has 1 atom stereocenters. The van der Waals surface area contributed by atoms with Gasteiger partial charge in [0.15, 0.2) is 11.5 Å². The fourth-order valence-corrected chi connectivity index (χ4v) is 2.77. The van der Waals surface area contributed by atoms with Gasteiger partial charge in [0.25, 0.3) is 0 Å². The molecule has 0 bridgehead atoms. The van der Waals surface area contributed by atoms with Crippen LogP contribution in [0.5, 0.6) is 11.5 Å². The van der Waals surface area contributed by atoms with E-state index in [9.17, 15) is 0 Å². The SMILES string of the molecule is COc1cccc2c1OCC21C=CCCC1. The van der Waals surface area contributed by atoms with Gasteiger partial charge in [-0.05, 0) is 25.3 Å². The molecule has 1 aliphatic carbocycles. The van der Waals surface area contributed by atoms with E-state index in [0.717, 1.165) is 18.1 Å². The maximum absolute atomic E-state index is 5.84. The Morgan fingerprint density at radius 2 is 2.31 bits per heavy atom. The number of fused-ring (bicyclic) bond motifs is 2. The Kier molecular flexibility index (Phi) is 2.16. The number of para-hydroxylation sites is 1. The van der Waals surface area contributed by atoms with Gasteiger partial charge in [-0.25, -0.2) is 0 Å². The standard InChI is InChI=1S/C14H16O2/c1-15-12-7-5-6-11-13(12)16-10-14(11)8-3-2-4-9-14/h3,5-8H,2,4,9-10H2,1H3. The summed E-state index contributed by atoms with van der Waals surface area (Å²) in [6.45, 7) is 0.763. The second-order valence-electron chi connectivity index (χ2n) is 4.58. The molecular weight excluding hydrogens is 200 g/mol. The highest BCUT2D eigenvalue weighted by Crippen LogP contribution is 2.48. The highest BCUT2D eigenvalue weighted by Gasteiger charge is 2.40. The average molecular weight is 216 g/mol. The number of rotatable bonds is 1. The molecule has 1 heterocycles. The van der Waals surface area contributed by atoms with Gasteiger partial charge < -0.3 is 9.47 Å². The molecule has 0 saturated carbocycles. The predicted octanol–water partition coefficient (Wildman–Crippen LogP) is 3.07. The van der Waals surface area contributed by atoms with Crippen molar-refractivity contribution < 1.29 is 9.47 Å². The number of allylic oxidation sites excluding steroid dienone is 1. The lowest BCUT2D eigenvalue weighted by Crippen LogP contribution is -2.27. The molecule has 2 heteroatoms. The molecule has 1 aliphatic heterocycles. The maximum atomic E-state index is 5.84. The summed E-state index contributed by atoms with van der Waals surface area (Å²) < 4.78 is 11.2. The molecule has 2 nitrogen and oxygen atoms in total. The van der Waals surface area contributed by atoms with Crippen molar-refractivity contribution in [2.45, 2.75) is 24.7 Å². The number of hydrogen-bond acceptors (Lipinski definition) is 2. The van der Waals surface area contributed by atoms with Gasteiger partial charge in [-0.1, -0.05) is 24.3 Å². The lowest BCUT2D eigenvalue weighted by atomic mass is 9.75. The summed E-state index contributed by atoms with van der Waals surface area (Å²) in [5.74, 6) is 1.80. The van der Waals surface area contributed by atoms with Crippen LogP contribution >= 0.6 is 0 Å². The lowest BCUT2D eigenvalue weighted by Gasteiger charge is -2.27. The monoisotopic (exact) mass is 216 g/mol. The summed E-state index contributed by atoms with van der Waals surface area (Å²) in [4.78, 5) is 0. The first-order chi connectivity index (χ1) is 7.86. The first kappa shape index (κ1) is 9.76. The summed E-state index contributed by atoms with van der Waals surface area (Å²) in [7, 11) is 1.70. The van der Waals surface area contributed by atoms with E-state index in [1.807, 2.05) is 6.07 Å². The van der Waals surface area contributed by atoms with E-state index < -0.39 is 0 Å². The molecule has 1 unspecified atom stereocenters. The summed E-state index contributed by atoms with van der Waals surface area (Å²) in [6, 6.07) is 6.18. The molecule has 0 aromatic heterocycles. The lowest BCUT2D eigenvalue weighted by molar-refractivity contribution is 0.271. The van der Waals surface area contributed by atoms with Crippen molar-refractivity contribution in [3.8, 4) is 11.5 Å². The summed E-state index contributed by atoms with van der Waals surface area (Å²) in [5, 5.41) is 0. The van der Waals surface area contributed by atoms with Crippen molar-refractivity contribution in [1.29, 1.82) is 0 Å². The van der Waals surface area contributed by atoms with Gasteiger partial charge in [0.2, 0.25) is 0 Å². The minimum Gasteiger partial charge on any atom is -0.493 e. The molecule has 0 radical (unpaired) electrons. The fourth-order valence-electron chi connectivity index (χ4n) is 2.77. The number of methoxy groups -OCH3 is 1. The minimum absolute atomic E-state index is 0.113. The van der Waals surface area contributed by atoms with Gasteiger partial charge in [-0.2, -0.15) is 0 Å². The second-order valence-corrected chi connectivity index (χ2v) is 4.58. The Labute approximate surface area is 95.9 Å². The highest BCUT2D eigenvalue weighted by atomic mass is 16.5. The zero-order valence-corrected chi connectivity index (χ0v) is 9.53. The van der Waals surface area contributed by atoms with Crippen LogP contribution in [0.1, 0.15) is 24.8 Å². The van der Waals surface area contributed by atoms with Gasteiger partial charge in [0, 0.05) is 5.56 Å². The van der Waals surface area contributed by atoms with Crippen LogP contribution in [0.15, 0.2) is 30.4 Å². The molecule has 0 saturated heterocycles. The van der Waals surface area contributed by atoms with Crippen molar-refractivity contribution in [3.63, 3.8) is 0 Å². The number of hydrogen-bond donors (Lipinski definition) is 0. The molecule has 16 heavy (non-hydrogen) atoms. The van der Waals surface area contributed by atoms with Crippen LogP contribution < -0.4 is 9.47 Å². The van der Waals surface area contributed by atoms with E-state index in [1.54, 1.807) is 7.11 Å². The Bertz CT molecular complexity index is 436. The molecule has 1 spiro atoms. The van der Waals surface area contributed by atoms with Crippen LogP contribution in [-0.4, -0.2) is 13.7 Å². The smallest absolute Gasteiger partial charge is 0.165 e. The third kappa shape index (κ3) is 1.26. The van der Waals surface area contributed by atoms with Gasteiger partial charge in [-0.15, -0.1) is 0 Å². The molecule has 0 fully saturated rings. The van der Waals surface area contributed by atoms with E-state index in [4.69, 9.17) is 9.47 Å². The van der Waals surface area contributed by atoms with Crippen LogP contribution in [0.3, 0.4) is 0 Å². The normalized spacial score (nSPS) is 26.6. The van der Waals surface area contributed by atoms with Crippen LogP contribution in [0.4, 0.5) is 0 Å². The van der Waals surface area contributed by atoms with Crippen molar-refractivity contribution in [1.82, 2.24) is 0 Å². The zero-order chi connectivity index (χ0) is 11.0. The first-order valence-electron chi connectivity index (χ1n) is 5.84. The largest absolute Gasteiger partial charge is 0.493 e. The molecule has 3 rings (SSSR count). The van der Waals surface area contributed by atoms with Crippen LogP contribution in [0, 0.1) is 0 Å². The van der Waals surface area contributed by atoms with Crippen LogP contribution in [-0.2, 0) is 5.41 Å². The molecular formula is C14H16O2. The van der Waals surface area contributed by atoms with Crippen LogP contribution in [0.25, 0.3) is 0 Å². The molecule has 0 amide bonds. The van der Waals surface area contributed by atoms with Crippen molar-refractivity contribution in [2.75, 3.05) is 13.7 Å². The van der Waals surface area contributed by atoms with Crippen molar-refractivity contribution in [2.24, 2.45) is 0 Å². The molecule has 0 N–H and O–H groups in total. The van der Waals surface area contributed by atoms with Gasteiger partial charge in [-0.3, -0.25) is 0 Å². The summed E-state index contributed by atoms with van der Waals surface area (Å²) in [6.07, 6.45) is 8.23. The molecule has 2 aliphatic rings. The summed E-state index contributed by atoms with van der Waals surface area (Å²) >= 11 is 0.